The predicted molar refractivity (Wildman–Crippen MR) is 77.0 cm³/mol. The van der Waals surface area contributed by atoms with Gasteiger partial charge in [0.05, 0.1) is 12.8 Å². The summed E-state index contributed by atoms with van der Waals surface area (Å²) in [6.45, 7) is 8.35. The van der Waals surface area contributed by atoms with Crippen LogP contribution >= 0.6 is 7.60 Å². The molecule has 0 fully saturated rings. The van der Waals surface area contributed by atoms with E-state index >= 15 is 0 Å². The van der Waals surface area contributed by atoms with Gasteiger partial charge in [0.1, 0.15) is 5.75 Å². The van der Waals surface area contributed by atoms with Crippen molar-refractivity contribution in [1.82, 2.24) is 0 Å². The highest BCUT2D eigenvalue weighted by Crippen LogP contribution is 2.37. The molecular weight excluding hydrogens is 263 g/mol. The second-order valence-electron chi connectivity index (χ2n) is 5.31. The number of hydrogen-bond acceptors (Lipinski definition) is 2. The minimum absolute atomic E-state index is 0.0354. The molecule has 5 heteroatoms. The monoisotopic (exact) mass is 286 g/mol. The fourth-order valence-electron chi connectivity index (χ4n) is 1.92. The van der Waals surface area contributed by atoms with E-state index in [2.05, 4.69) is 27.7 Å². The lowest BCUT2D eigenvalue weighted by Crippen LogP contribution is -2.08. The van der Waals surface area contributed by atoms with Crippen molar-refractivity contribution < 1.29 is 19.1 Å². The first-order valence-electron chi connectivity index (χ1n) is 6.52. The van der Waals surface area contributed by atoms with Gasteiger partial charge in [0, 0.05) is 0 Å². The molecular formula is C14H23O4P. The molecule has 0 atom stereocenters. The second-order valence-corrected chi connectivity index (χ2v) is 7.09. The first kappa shape index (κ1) is 16.2. The number of hydrogen-bond donors (Lipinski definition) is 2. The van der Waals surface area contributed by atoms with Crippen LogP contribution in [-0.4, -0.2) is 22.6 Å². The maximum Gasteiger partial charge on any atom is 0.328 e. The smallest absolute Gasteiger partial charge is 0.328 e. The molecule has 0 spiro atoms. The van der Waals surface area contributed by atoms with E-state index in [1.165, 1.54) is 0 Å². The molecule has 4 nitrogen and oxygen atoms in total. The van der Waals surface area contributed by atoms with Gasteiger partial charge in [0.25, 0.3) is 0 Å². The third-order valence-electron chi connectivity index (χ3n) is 2.95. The van der Waals surface area contributed by atoms with Gasteiger partial charge in [0.2, 0.25) is 0 Å². The topological polar surface area (TPSA) is 66.8 Å². The fourth-order valence-corrected chi connectivity index (χ4v) is 2.25. The summed E-state index contributed by atoms with van der Waals surface area (Å²) in [5, 5.41) is 0. The highest BCUT2D eigenvalue weighted by molar-refractivity contribution is 7.51. The molecule has 0 aromatic heterocycles. The SMILES string of the molecule is CC(C)c1cccc(C(C)C)c1OCCP(=O)(O)O. The molecule has 0 aliphatic rings. The summed E-state index contributed by atoms with van der Waals surface area (Å²) in [4.78, 5) is 17.8. The summed E-state index contributed by atoms with van der Waals surface area (Å²) < 4.78 is 16.5. The van der Waals surface area contributed by atoms with Crippen molar-refractivity contribution in [3.05, 3.63) is 29.3 Å². The number of benzene rings is 1. The molecule has 0 aliphatic carbocycles. The Morgan fingerprint density at radius 2 is 1.58 bits per heavy atom. The highest BCUT2D eigenvalue weighted by atomic mass is 31.2. The Balaban J connectivity index is 2.98. The normalized spacial score (nSPS) is 12.2. The Labute approximate surface area is 115 Å². The molecule has 19 heavy (non-hydrogen) atoms. The number of rotatable bonds is 6. The average molecular weight is 286 g/mol. The van der Waals surface area contributed by atoms with Gasteiger partial charge in [-0.3, -0.25) is 4.57 Å². The van der Waals surface area contributed by atoms with Gasteiger partial charge in [-0.15, -0.1) is 0 Å². The first-order chi connectivity index (χ1) is 8.72. The van der Waals surface area contributed by atoms with Crippen molar-refractivity contribution in [1.29, 1.82) is 0 Å². The van der Waals surface area contributed by atoms with Gasteiger partial charge in [0.15, 0.2) is 0 Å². The summed E-state index contributed by atoms with van der Waals surface area (Å²) in [6, 6.07) is 6.01. The standard InChI is InChI=1S/C14H23O4P/c1-10(2)12-6-5-7-13(11(3)4)14(12)18-8-9-19(15,16)17/h5-7,10-11H,8-9H2,1-4H3,(H2,15,16,17). The van der Waals surface area contributed by atoms with Crippen LogP contribution < -0.4 is 4.74 Å². The van der Waals surface area contributed by atoms with Crippen LogP contribution in [0.25, 0.3) is 0 Å². The minimum atomic E-state index is -4.01. The van der Waals surface area contributed by atoms with Crippen LogP contribution in [-0.2, 0) is 4.57 Å². The maximum absolute atomic E-state index is 10.9. The third kappa shape index (κ3) is 4.98. The minimum Gasteiger partial charge on any atom is -0.492 e. The van der Waals surface area contributed by atoms with Gasteiger partial charge in [-0.1, -0.05) is 45.9 Å². The van der Waals surface area contributed by atoms with E-state index in [1.807, 2.05) is 18.2 Å². The van der Waals surface area contributed by atoms with Crippen molar-refractivity contribution in [2.75, 3.05) is 12.8 Å². The molecule has 2 N–H and O–H groups in total. The van der Waals surface area contributed by atoms with Gasteiger partial charge < -0.3 is 14.5 Å². The zero-order chi connectivity index (χ0) is 14.6. The molecule has 0 amide bonds. The molecule has 0 saturated heterocycles. The first-order valence-corrected chi connectivity index (χ1v) is 8.32. The van der Waals surface area contributed by atoms with Crippen LogP contribution in [0.15, 0.2) is 18.2 Å². The Bertz CT molecular complexity index is 436. The van der Waals surface area contributed by atoms with Gasteiger partial charge in [-0.05, 0) is 23.0 Å². The van der Waals surface area contributed by atoms with E-state index < -0.39 is 7.60 Å². The predicted octanol–water partition coefficient (Wildman–Crippen LogP) is 3.49. The largest absolute Gasteiger partial charge is 0.492 e. The molecule has 0 heterocycles. The van der Waals surface area contributed by atoms with Crippen LogP contribution in [0, 0.1) is 0 Å². The Kier molecular flexibility index (Phi) is 5.60. The Morgan fingerprint density at radius 1 is 1.11 bits per heavy atom. The van der Waals surface area contributed by atoms with Crippen LogP contribution in [0.1, 0.15) is 50.7 Å². The third-order valence-corrected chi connectivity index (χ3v) is 3.71. The van der Waals surface area contributed by atoms with E-state index in [1.54, 1.807) is 0 Å². The molecule has 0 unspecified atom stereocenters. The second kappa shape index (κ2) is 6.56. The molecule has 0 radical (unpaired) electrons. The van der Waals surface area contributed by atoms with Gasteiger partial charge in [-0.2, -0.15) is 0 Å². The van der Waals surface area contributed by atoms with Gasteiger partial charge >= 0.3 is 7.60 Å². The lowest BCUT2D eigenvalue weighted by Gasteiger charge is -2.20. The number of ether oxygens (including phenoxy) is 1. The molecule has 1 rings (SSSR count). The van der Waals surface area contributed by atoms with E-state index in [4.69, 9.17) is 14.5 Å². The van der Waals surface area contributed by atoms with Crippen molar-refractivity contribution in [3.63, 3.8) is 0 Å². The van der Waals surface area contributed by atoms with E-state index in [9.17, 15) is 4.57 Å². The van der Waals surface area contributed by atoms with E-state index in [0.717, 1.165) is 16.9 Å². The fraction of sp³-hybridized carbons (Fsp3) is 0.571. The number of para-hydroxylation sites is 1. The van der Waals surface area contributed by atoms with Crippen molar-refractivity contribution in [2.24, 2.45) is 0 Å². The molecule has 0 saturated carbocycles. The van der Waals surface area contributed by atoms with Crippen molar-refractivity contribution in [2.45, 2.75) is 39.5 Å². The molecule has 1 aromatic rings. The quantitative estimate of drug-likeness (QED) is 0.786. The lowest BCUT2D eigenvalue weighted by atomic mass is 9.94. The highest BCUT2D eigenvalue weighted by Gasteiger charge is 2.17. The summed E-state index contributed by atoms with van der Waals surface area (Å²) in [5.74, 6) is 1.40. The summed E-state index contributed by atoms with van der Waals surface area (Å²) in [5.41, 5.74) is 2.16. The zero-order valence-electron chi connectivity index (χ0n) is 12.0. The molecule has 0 bridgehead atoms. The Hall–Kier alpha value is -0.830. The summed E-state index contributed by atoms with van der Waals surface area (Å²) in [6.07, 6.45) is -0.253. The average Bonchev–Trinajstić information content (AvgIpc) is 2.26. The maximum atomic E-state index is 10.9. The van der Waals surface area contributed by atoms with Crippen molar-refractivity contribution >= 4 is 7.60 Å². The lowest BCUT2D eigenvalue weighted by molar-refractivity contribution is 0.309. The molecule has 1 aromatic carbocycles. The molecule has 108 valence electrons. The van der Waals surface area contributed by atoms with Crippen LogP contribution in [0.5, 0.6) is 5.75 Å². The van der Waals surface area contributed by atoms with Crippen molar-refractivity contribution in [3.8, 4) is 5.75 Å². The van der Waals surface area contributed by atoms with E-state index in [-0.39, 0.29) is 12.8 Å². The van der Waals surface area contributed by atoms with Crippen LogP contribution in [0.2, 0.25) is 0 Å². The van der Waals surface area contributed by atoms with Crippen LogP contribution in [0.3, 0.4) is 0 Å². The zero-order valence-corrected chi connectivity index (χ0v) is 12.9. The van der Waals surface area contributed by atoms with Crippen LogP contribution in [0.4, 0.5) is 0 Å². The summed E-state index contributed by atoms with van der Waals surface area (Å²) in [7, 11) is -4.01. The Morgan fingerprint density at radius 3 is 1.95 bits per heavy atom. The van der Waals surface area contributed by atoms with Gasteiger partial charge in [-0.25, -0.2) is 0 Å². The molecule has 0 aliphatic heterocycles. The summed E-state index contributed by atoms with van der Waals surface area (Å²) >= 11 is 0. The van der Waals surface area contributed by atoms with E-state index in [0.29, 0.717) is 11.8 Å².